The number of aliphatic hydroxyl groups excluding tert-OH is 3. The van der Waals surface area contributed by atoms with Crippen molar-refractivity contribution in [3.8, 4) is 0 Å². The lowest BCUT2D eigenvalue weighted by Gasteiger charge is -2.07. The highest BCUT2D eigenvalue weighted by Crippen LogP contribution is 2.02. The zero-order valence-corrected chi connectivity index (χ0v) is 9.52. The molecule has 18 heavy (non-hydrogen) atoms. The molecule has 9 heteroatoms. The zero-order valence-electron chi connectivity index (χ0n) is 9.52. The van der Waals surface area contributed by atoms with Crippen LogP contribution < -0.4 is 0 Å². The summed E-state index contributed by atoms with van der Waals surface area (Å²) in [7, 11) is 0. The van der Waals surface area contributed by atoms with Crippen LogP contribution in [0, 0.1) is 5.92 Å². The van der Waals surface area contributed by atoms with Gasteiger partial charge in [-0.1, -0.05) is 0 Å². The SMILES string of the molecule is OCCCC(CO)CO.[N-]=C=O.[N-]=C=O.[N-]=C=O. The molecule has 0 amide bonds. The third kappa shape index (κ3) is 65.6. The normalized spacial score (nSPS) is 6.67. The maximum atomic E-state index is 8.51. The number of isocyanates is 3. The van der Waals surface area contributed by atoms with E-state index >= 15 is 0 Å². The molecule has 9 nitrogen and oxygen atoms in total. The van der Waals surface area contributed by atoms with Crippen LogP contribution in [-0.2, 0) is 14.4 Å². The van der Waals surface area contributed by atoms with Crippen LogP contribution in [0.25, 0.3) is 16.2 Å². The molecule has 0 rings (SSSR count). The van der Waals surface area contributed by atoms with Crippen LogP contribution in [0.5, 0.6) is 0 Å². The second-order valence-electron chi connectivity index (χ2n) is 2.37. The predicted molar refractivity (Wildman–Crippen MR) is 61.1 cm³/mol. The highest BCUT2D eigenvalue weighted by Gasteiger charge is 2.03. The Morgan fingerprint density at radius 2 is 1.11 bits per heavy atom. The van der Waals surface area contributed by atoms with Crippen molar-refractivity contribution >= 4 is 18.2 Å². The zero-order chi connectivity index (χ0) is 15.2. The highest BCUT2D eigenvalue weighted by molar-refractivity contribution is 5.37. The summed E-state index contributed by atoms with van der Waals surface area (Å²) in [5.41, 5.74) is 0. The molecule has 3 N–H and O–H groups in total. The molecule has 0 unspecified atom stereocenters. The number of carbonyl (C=O) groups excluding carboxylic acids is 3. The molecule has 104 valence electrons. The maximum Gasteiger partial charge on any atom is 0.0481 e. The van der Waals surface area contributed by atoms with Gasteiger partial charge < -0.3 is 31.5 Å². The van der Waals surface area contributed by atoms with E-state index in [1.54, 1.807) is 0 Å². The van der Waals surface area contributed by atoms with Crippen LogP contribution in [0.3, 0.4) is 0 Å². The molecule has 0 aromatic rings. The van der Waals surface area contributed by atoms with Crippen LogP contribution in [0.1, 0.15) is 12.8 Å². The fourth-order valence-corrected chi connectivity index (χ4v) is 0.620. The van der Waals surface area contributed by atoms with Gasteiger partial charge in [0.05, 0.1) is 0 Å². The van der Waals surface area contributed by atoms with Crippen LogP contribution in [0.2, 0.25) is 0 Å². The quantitative estimate of drug-likeness (QED) is 0.422. The molecular formula is C9H14N3O6-3. The average Bonchev–Trinajstić information content (AvgIpc) is 2.33. The van der Waals surface area contributed by atoms with Crippen molar-refractivity contribution < 1.29 is 29.7 Å². The third-order valence-electron chi connectivity index (χ3n) is 1.29. The Bertz CT molecular complexity index is 208. The first-order valence-electron chi connectivity index (χ1n) is 4.46. The maximum absolute atomic E-state index is 8.51. The minimum Gasteiger partial charge on any atom is -0.724 e. The lowest BCUT2D eigenvalue weighted by Crippen LogP contribution is -2.11. The minimum absolute atomic E-state index is 0.0104. The molecule has 0 aliphatic carbocycles. The number of rotatable bonds is 5. The molecule has 0 fully saturated rings. The summed E-state index contributed by atoms with van der Waals surface area (Å²) in [6.07, 6.45) is 2.86. The molecule has 0 bridgehead atoms. The van der Waals surface area contributed by atoms with Gasteiger partial charge >= 0.3 is 0 Å². The number of aliphatic hydroxyl groups is 3. The fourth-order valence-electron chi connectivity index (χ4n) is 0.620. The smallest absolute Gasteiger partial charge is 0.0481 e. The number of hydrogen-bond acceptors (Lipinski definition) is 6. The van der Waals surface area contributed by atoms with Gasteiger partial charge in [-0.2, -0.15) is 0 Å². The molecule has 0 saturated carbocycles. The van der Waals surface area contributed by atoms with Gasteiger partial charge in [0, 0.05) is 25.7 Å². The van der Waals surface area contributed by atoms with Crippen molar-refractivity contribution in [1.82, 2.24) is 0 Å². The molecule has 0 saturated heterocycles. The summed E-state index contributed by atoms with van der Waals surface area (Å²) in [5.74, 6) is -0.0443. The van der Waals surface area contributed by atoms with Crippen LogP contribution >= 0.6 is 0 Å². The molecule has 0 heterocycles. The molecular weight excluding hydrogens is 246 g/mol. The Morgan fingerprint density at radius 1 is 0.833 bits per heavy atom. The lowest BCUT2D eigenvalue weighted by atomic mass is 10.1. The molecule has 0 aromatic carbocycles. The monoisotopic (exact) mass is 260 g/mol. The summed E-state index contributed by atoms with van der Waals surface area (Å²) >= 11 is 0. The van der Waals surface area contributed by atoms with Crippen molar-refractivity contribution in [3.63, 3.8) is 0 Å². The third-order valence-corrected chi connectivity index (χ3v) is 1.29. The molecule has 0 atom stereocenters. The van der Waals surface area contributed by atoms with Gasteiger partial charge in [-0.05, 0) is 31.1 Å². The molecule has 0 aliphatic heterocycles. The van der Waals surface area contributed by atoms with Crippen LogP contribution in [0.15, 0.2) is 0 Å². The van der Waals surface area contributed by atoms with E-state index in [0.717, 1.165) is 0 Å². The second-order valence-corrected chi connectivity index (χ2v) is 2.37. The Kier molecular flexibility index (Phi) is 50.4. The van der Waals surface area contributed by atoms with Crippen molar-refractivity contribution in [2.24, 2.45) is 5.92 Å². The standard InChI is InChI=1S/C6H14O3.3CNO/c7-3-1-2-6(4-8)5-9;3*2-1-3/h6-9H,1-5H2;;;/q;3*-1. The van der Waals surface area contributed by atoms with Gasteiger partial charge in [0.2, 0.25) is 0 Å². The summed E-state index contributed by atoms with van der Waals surface area (Å²) in [6.45, 7) is 0.156. The van der Waals surface area contributed by atoms with Crippen molar-refractivity contribution in [1.29, 1.82) is 0 Å². The van der Waals surface area contributed by atoms with E-state index < -0.39 is 0 Å². The molecule has 0 radical (unpaired) electrons. The Hall–Kier alpha value is -1.98. The van der Waals surface area contributed by atoms with Gasteiger partial charge in [-0.25, -0.2) is 0 Å². The molecule has 0 spiro atoms. The van der Waals surface area contributed by atoms with Gasteiger partial charge in [0.15, 0.2) is 0 Å². The van der Waals surface area contributed by atoms with E-state index in [-0.39, 0.29) is 25.7 Å². The van der Waals surface area contributed by atoms with E-state index in [2.05, 4.69) is 0 Å². The van der Waals surface area contributed by atoms with Crippen molar-refractivity contribution in [3.05, 3.63) is 16.2 Å². The van der Waals surface area contributed by atoms with Gasteiger partial charge in [-0.15, -0.1) is 0 Å². The lowest BCUT2D eigenvalue weighted by molar-refractivity contribution is 0.136. The van der Waals surface area contributed by atoms with E-state index in [9.17, 15) is 0 Å². The summed E-state index contributed by atoms with van der Waals surface area (Å²) < 4.78 is 0. The topological polar surface area (TPSA) is 179 Å². The Labute approximate surface area is 104 Å². The fraction of sp³-hybridized carbons (Fsp3) is 0.667. The molecule has 0 aromatic heterocycles. The van der Waals surface area contributed by atoms with E-state index in [4.69, 9.17) is 45.9 Å². The summed E-state index contributed by atoms with van der Waals surface area (Å²) in [6, 6.07) is 0. The van der Waals surface area contributed by atoms with E-state index in [1.807, 2.05) is 0 Å². The summed E-state index contributed by atoms with van der Waals surface area (Å²) in [4.78, 5) is 24.7. The first kappa shape index (κ1) is 25.0. The van der Waals surface area contributed by atoms with E-state index in [0.29, 0.717) is 31.1 Å². The highest BCUT2D eigenvalue weighted by atomic mass is 16.3. The van der Waals surface area contributed by atoms with Gasteiger partial charge in [-0.3, -0.25) is 14.4 Å². The largest absolute Gasteiger partial charge is 0.724 e. The van der Waals surface area contributed by atoms with E-state index in [1.165, 1.54) is 0 Å². The van der Waals surface area contributed by atoms with Gasteiger partial charge in [0.1, 0.15) is 0 Å². The predicted octanol–water partition coefficient (Wildman–Crippen LogP) is -0.966. The van der Waals surface area contributed by atoms with Crippen LogP contribution in [-0.4, -0.2) is 53.4 Å². The van der Waals surface area contributed by atoms with Gasteiger partial charge in [0.25, 0.3) is 0 Å². The Morgan fingerprint density at radius 3 is 1.28 bits per heavy atom. The Balaban J connectivity index is -0.0000000902. The first-order valence-corrected chi connectivity index (χ1v) is 4.46. The minimum atomic E-state index is -0.0443. The molecule has 0 aliphatic rings. The average molecular weight is 260 g/mol. The first-order chi connectivity index (χ1) is 8.59. The summed E-state index contributed by atoms with van der Waals surface area (Å²) in [5, 5.41) is 45.7. The number of hydrogen-bond donors (Lipinski definition) is 3. The van der Waals surface area contributed by atoms with Crippen LogP contribution in [0.4, 0.5) is 0 Å². The number of nitrogens with zero attached hydrogens (tertiary/aromatic N) is 3. The van der Waals surface area contributed by atoms with Crippen molar-refractivity contribution in [2.75, 3.05) is 19.8 Å². The second kappa shape index (κ2) is 36.3. The van der Waals surface area contributed by atoms with Crippen molar-refractivity contribution in [2.45, 2.75) is 12.8 Å².